The SMILES string of the molecule is CCOC(=O)C1CCC(C(O)Cc2nccs2)CC1C. The summed E-state index contributed by atoms with van der Waals surface area (Å²) in [5.41, 5.74) is 0. The van der Waals surface area contributed by atoms with E-state index in [0.717, 1.165) is 24.3 Å². The van der Waals surface area contributed by atoms with E-state index in [1.165, 1.54) is 0 Å². The third kappa shape index (κ3) is 3.79. The number of hydrogen-bond donors (Lipinski definition) is 1. The fourth-order valence-electron chi connectivity index (χ4n) is 3.09. The number of nitrogens with zero attached hydrogens (tertiary/aromatic N) is 1. The molecule has 0 amide bonds. The van der Waals surface area contributed by atoms with Crippen LogP contribution in [0.4, 0.5) is 0 Å². The minimum absolute atomic E-state index is 0.00161. The second kappa shape index (κ2) is 7.18. The summed E-state index contributed by atoms with van der Waals surface area (Å²) in [6, 6.07) is 0. The average molecular weight is 297 g/mol. The molecule has 1 N–H and O–H groups in total. The van der Waals surface area contributed by atoms with Gasteiger partial charge in [0.25, 0.3) is 0 Å². The molecule has 1 aromatic heterocycles. The monoisotopic (exact) mass is 297 g/mol. The molecule has 1 saturated carbocycles. The first kappa shape index (κ1) is 15.4. The molecular weight excluding hydrogens is 274 g/mol. The molecule has 0 aliphatic heterocycles. The Balaban J connectivity index is 1.86. The summed E-state index contributed by atoms with van der Waals surface area (Å²) in [6.45, 7) is 4.37. The maximum Gasteiger partial charge on any atom is 0.309 e. The Bertz CT molecular complexity index is 421. The number of aliphatic hydroxyl groups is 1. The number of aliphatic hydroxyl groups excluding tert-OH is 1. The van der Waals surface area contributed by atoms with Gasteiger partial charge in [-0.05, 0) is 38.0 Å². The molecule has 4 nitrogen and oxygen atoms in total. The van der Waals surface area contributed by atoms with Gasteiger partial charge in [-0.1, -0.05) is 6.92 Å². The molecule has 1 aliphatic rings. The topological polar surface area (TPSA) is 59.4 Å². The fourth-order valence-corrected chi connectivity index (χ4v) is 3.75. The van der Waals surface area contributed by atoms with Crippen LogP contribution in [-0.2, 0) is 16.0 Å². The predicted octanol–water partition coefficient (Wildman–Crippen LogP) is 2.66. The molecule has 0 aromatic carbocycles. The lowest BCUT2D eigenvalue weighted by atomic mass is 9.72. The maximum absolute atomic E-state index is 11.8. The Morgan fingerprint density at radius 3 is 3.00 bits per heavy atom. The zero-order chi connectivity index (χ0) is 14.5. The van der Waals surface area contributed by atoms with Gasteiger partial charge in [0.15, 0.2) is 0 Å². The van der Waals surface area contributed by atoms with Gasteiger partial charge in [0.2, 0.25) is 0 Å². The van der Waals surface area contributed by atoms with Crippen LogP contribution in [0.3, 0.4) is 0 Å². The highest BCUT2D eigenvalue weighted by molar-refractivity contribution is 7.09. The second-order valence-electron chi connectivity index (χ2n) is 5.61. The molecule has 1 fully saturated rings. The molecule has 0 spiro atoms. The van der Waals surface area contributed by atoms with Gasteiger partial charge in [-0.3, -0.25) is 4.79 Å². The maximum atomic E-state index is 11.8. The van der Waals surface area contributed by atoms with E-state index in [2.05, 4.69) is 11.9 Å². The Kier molecular flexibility index (Phi) is 5.54. The van der Waals surface area contributed by atoms with Crippen molar-refractivity contribution in [3.8, 4) is 0 Å². The molecular formula is C15H23NO3S. The summed E-state index contributed by atoms with van der Waals surface area (Å²) < 4.78 is 5.12. The lowest BCUT2D eigenvalue weighted by molar-refractivity contribution is -0.152. The normalized spacial score (nSPS) is 28.1. The number of rotatable bonds is 5. The Labute approximate surface area is 124 Å². The van der Waals surface area contributed by atoms with E-state index in [-0.39, 0.29) is 29.8 Å². The summed E-state index contributed by atoms with van der Waals surface area (Å²) >= 11 is 1.58. The molecule has 112 valence electrons. The molecule has 1 aliphatic carbocycles. The standard InChI is InChI=1S/C15H23NO3S/c1-3-19-15(18)12-5-4-11(8-10(12)2)13(17)9-14-16-6-7-20-14/h6-7,10-13,17H,3-5,8-9H2,1-2H3. The summed E-state index contributed by atoms with van der Waals surface area (Å²) in [5, 5.41) is 13.3. The first-order valence-corrected chi connectivity index (χ1v) is 8.22. The minimum Gasteiger partial charge on any atom is -0.466 e. The highest BCUT2D eigenvalue weighted by Crippen LogP contribution is 2.36. The highest BCUT2D eigenvalue weighted by atomic mass is 32.1. The van der Waals surface area contributed by atoms with Crippen LogP contribution in [0, 0.1) is 17.8 Å². The Morgan fingerprint density at radius 2 is 2.40 bits per heavy atom. The number of thiazole rings is 1. The molecule has 20 heavy (non-hydrogen) atoms. The van der Waals surface area contributed by atoms with Crippen LogP contribution in [0.2, 0.25) is 0 Å². The van der Waals surface area contributed by atoms with E-state index < -0.39 is 0 Å². The van der Waals surface area contributed by atoms with Crippen LogP contribution >= 0.6 is 11.3 Å². The van der Waals surface area contributed by atoms with Crippen molar-refractivity contribution < 1.29 is 14.6 Å². The average Bonchev–Trinajstić information content (AvgIpc) is 2.91. The number of carbonyl (C=O) groups is 1. The highest BCUT2D eigenvalue weighted by Gasteiger charge is 2.35. The van der Waals surface area contributed by atoms with Crippen molar-refractivity contribution >= 4 is 17.3 Å². The molecule has 2 rings (SSSR count). The van der Waals surface area contributed by atoms with Gasteiger partial charge in [0, 0.05) is 18.0 Å². The van der Waals surface area contributed by atoms with Crippen molar-refractivity contribution in [3.05, 3.63) is 16.6 Å². The Hall–Kier alpha value is -0.940. The smallest absolute Gasteiger partial charge is 0.309 e. The van der Waals surface area contributed by atoms with E-state index in [4.69, 9.17) is 4.74 Å². The van der Waals surface area contributed by atoms with Crippen molar-refractivity contribution in [1.82, 2.24) is 4.98 Å². The van der Waals surface area contributed by atoms with Crippen LogP contribution in [0.15, 0.2) is 11.6 Å². The molecule has 0 saturated heterocycles. The largest absolute Gasteiger partial charge is 0.466 e. The van der Waals surface area contributed by atoms with Crippen molar-refractivity contribution in [3.63, 3.8) is 0 Å². The number of hydrogen-bond acceptors (Lipinski definition) is 5. The van der Waals surface area contributed by atoms with Gasteiger partial charge in [-0.15, -0.1) is 11.3 Å². The molecule has 5 heteroatoms. The number of ether oxygens (including phenoxy) is 1. The van der Waals surface area contributed by atoms with Gasteiger partial charge >= 0.3 is 5.97 Å². The fraction of sp³-hybridized carbons (Fsp3) is 0.733. The van der Waals surface area contributed by atoms with E-state index in [1.807, 2.05) is 12.3 Å². The van der Waals surface area contributed by atoms with E-state index in [9.17, 15) is 9.90 Å². The van der Waals surface area contributed by atoms with Gasteiger partial charge in [-0.25, -0.2) is 4.98 Å². The van der Waals surface area contributed by atoms with Crippen molar-refractivity contribution in [1.29, 1.82) is 0 Å². The lowest BCUT2D eigenvalue weighted by Crippen LogP contribution is -2.35. The summed E-state index contributed by atoms with van der Waals surface area (Å²) in [4.78, 5) is 16.1. The van der Waals surface area contributed by atoms with Crippen molar-refractivity contribution in [2.75, 3.05) is 6.61 Å². The van der Waals surface area contributed by atoms with Crippen LogP contribution < -0.4 is 0 Å². The number of carbonyl (C=O) groups excluding carboxylic acids is 1. The number of esters is 1. The van der Waals surface area contributed by atoms with Gasteiger partial charge < -0.3 is 9.84 Å². The second-order valence-corrected chi connectivity index (χ2v) is 6.59. The van der Waals surface area contributed by atoms with Crippen molar-refractivity contribution in [2.24, 2.45) is 17.8 Å². The zero-order valence-corrected chi connectivity index (χ0v) is 12.9. The quantitative estimate of drug-likeness (QED) is 0.849. The minimum atomic E-state index is -0.355. The molecule has 1 heterocycles. The third-order valence-electron chi connectivity index (χ3n) is 4.21. The van der Waals surface area contributed by atoms with Gasteiger partial charge in [0.1, 0.15) is 0 Å². The Morgan fingerprint density at radius 1 is 1.60 bits per heavy atom. The predicted molar refractivity (Wildman–Crippen MR) is 78.5 cm³/mol. The summed E-state index contributed by atoms with van der Waals surface area (Å²) in [7, 11) is 0. The molecule has 1 aromatic rings. The number of aromatic nitrogens is 1. The van der Waals surface area contributed by atoms with Gasteiger partial charge in [-0.2, -0.15) is 0 Å². The first-order valence-electron chi connectivity index (χ1n) is 7.34. The van der Waals surface area contributed by atoms with Crippen molar-refractivity contribution in [2.45, 2.75) is 45.6 Å². The zero-order valence-electron chi connectivity index (χ0n) is 12.1. The lowest BCUT2D eigenvalue weighted by Gasteiger charge is -2.34. The van der Waals surface area contributed by atoms with Crippen LogP contribution in [0.5, 0.6) is 0 Å². The molecule has 4 atom stereocenters. The van der Waals surface area contributed by atoms with E-state index >= 15 is 0 Å². The van der Waals surface area contributed by atoms with E-state index in [1.54, 1.807) is 17.5 Å². The van der Waals surface area contributed by atoms with Crippen LogP contribution in [-0.4, -0.2) is 28.8 Å². The first-order chi connectivity index (χ1) is 9.61. The third-order valence-corrected chi connectivity index (χ3v) is 5.01. The molecule has 4 unspecified atom stereocenters. The van der Waals surface area contributed by atoms with Crippen LogP contribution in [0.1, 0.15) is 38.1 Å². The van der Waals surface area contributed by atoms with Crippen LogP contribution in [0.25, 0.3) is 0 Å². The summed E-state index contributed by atoms with van der Waals surface area (Å²) in [6.07, 6.45) is 4.63. The van der Waals surface area contributed by atoms with Gasteiger partial charge in [0.05, 0.1) is 23.6 Å². The van der Waals surface area contributed by atoms with E-state index in [0.29, 0.717) is 13.0 Å². The summed E-state index contributed by atoms with van der Waals surface area (Å²) in [5.74, 6) is 0.462. The molecule has 0 radical (unpaired) electrons. The molecule has 0 bridgehead atoms.